The summed E-state index contributed by atoms with van der Waals surface area (Å²) in [5.74, 6) is 1.11. The Hall–Kier alpha value is -2.63. The Labute approximate surface area is 203 Å². The van der Waals surface area contributed by atoms with E-state index in [1.165, 1.54) is 6.07 Å². The highest BCUT2D eigenvalue weighted by Gasteiger charge is 2.23. The van der Waals surface area contributed by atoms with Crippen molar-refractivity contribution in [2.75, 3.05) is 13.7 Å². The van der Waals surface area contributed by atoms with E-state index in [0.29, 0.717) is 29.9 Å². The quantitative estimate of drug-likeness (QED) is 0.236. The van der Waals surface area contributed by atoms with Crippen molar-refractivity contribution in [3.63, 3.8) is 0 Å². The Morgan fingerprint density at radius 1 is 1.12 bits per heavy atom. The predicted octanol–water partition coefficient (Wildman–Crippen LogP) is 3.43. The molecule has 3 N–H and O–H groups in total. The number of carbonyl (C=O) groups is 1. The van der Waals surface area contributed by atoms with Crippen molar-refractivity contribution in [3.05, 3.63) is 59.7 Å². The first kappa shape index (κ1) is 25.6. The highest BCUT2D eigenvalue weighted by molar-refractivity contribution is 14.0. The van der Waals surface area contributed by atoms with E-state index in [4.69, 9.17) is 4.74 Å². The van der Waals surface area contributed by atoms with Crippen molar-refractivity contribution in [2.24, 2.45) is 4.99 Å². The summed E-state index contributed by atoms with van der Waals surface area (Å²) < 4.78 is 35.2. The van der Waals surface area contributed by atoms with Crippen LogP contribution in [0, 0.1) is 0 Å². The number of para-hydroxylation sites is 1. The molecule has 0 spiro atoms. The van der Waals surface area contributed by atoms with Gasteiger partial charge in [-0.25, -0.2) is 0 Å². The lowest BCUT2D eigenvalue weighted by Gasteiger charge is -2.15. The van der Waals surface area contributed by atoms with Crippen LogP contribution in [-0.4, -0.2) is 38.2 Å². The zero-order chi connectivity index (χ0) is 22.1. The number of carbonyl (C=O) groups excluding carboxylic acids is 1. The average Bonchev–Trinajstić information content (AvgIpc) is 3.57. The minimum Gasteiger partial charge on any atom is -0.484 e. The fourth-order valence-electron chi connectivity index (χ4n) is 2.84. The predicted molar refractivity (Wildman–Crippen MR) is 129 cm³/mol. The first-order valence-corrected chi connectivity index (χ1v) is 10.0. The Morgan fingerprint density at radius 3 is 2.59 bits per heavy atom. The Morgan fingerprint density at radius 2 is 1.88 bits per heavy atom. The lowest BCUT2D eigenvalue weighted by Crippen LogP contribution is -2.36. The molecular weight excluding hydrogens is 533 g/mol. The number of amides is 1. The molecule has 0 aromatic heterocycles. The molecule has 7 nitrogen and oxygen atoms in total. The van der Waals surface area contributed by atoms with E-state index in [-0.39, 0.29) is 48.8 Å². The van der Waals surface area contributed by atoms with E-state index in [9.17, 15) is 13.6 Å². The number of nitrogens with zero attached hydrogens (tertiary/aromatic N) is 1. The number of halogens is 3. The van der Waals surface area contributed by atoms with Crippen LogP contribution in [0.3, 0.4) is 0 Å². The number of rotatable bonds is 10. The van der Waals surface area contributed by atoms with Gasteiger partial charge in [0.05, 0.1) is 0 Å². The van der Waals surface area contributed by atoms with Crippen molar-refractivity contribution in [3.8, 4) is 11.5 Å². The molecule has 174 valence electrons. The maximum absolute atomic E-state index is 12.6. The van der Waals surface area contributed by atoms with Gasteiger partial charge in [0.15, 0.2) is 12.6 Å². The largest absolute Gasteiger partial charge is 0.484 e. The molecular formula is C22H27F2IN4O3. The van der Waals surface area contributed by atoms with Crippen molar-refractivity contribution in [2.45, 2.75) is 38.6 Å². The molecule has 2 aromatic rings. The normalized spacial score (nSPS) is 13.2. The van der Waals surface area contributed by atoms with Gasteiger partial charge in [-0.2, -0.15) is 8.78 Å². The van der Waals surface area contributed by atoms with E-state index in [0.717, 1.165) is 18.4 Å². The third-order valence-electron chi connectivity index (χ3n) is 4.53. The van der Waals surface area contributed by atoms with Crippen LogP contribution in [0.4, 0.5) is 8.78 Å². The molecule has 1 saturated carbocycles. The first-order valence-electron chi connectivity index (χ1n) is 10.0. The summed E-state index contributed by atoms with van der Waals surface area (Å²) in [6.07, 6.45) is 2.07. The number of hydrogen-bond donors (Lipinski definition) is 3. The second kappa shape index (κ2) is 13.0. The van der Waals surface area contributed by atoms with Gasteiger partial charge in [0.2, 0.25) is 0 Å². The molecule has 2 aromatic carbocycles. The molecule has 0 radical (unpaired) electrons. The molecule has 1 fully saturated rings. The standard InChI is InChI=1S/C22H26F2N4O3.HI/c1-25-22(27-13-16-6-2-3-8-19(16)31-21(23)24)26-12-15-5-4-7-18(11-15)30-14-20(29)28-17-9-10-17;/h2-8,11,17,21H,9-10,12-14H2,1H3,(H,28,29)(H2,25,26,27);1H. The molecule has 1 aliphatic rings. The highest BCUT2D eigenvalue weighted by atomic mass is 127. The Kier molecular flexibility index (Phi) is 10.4. The van der Waals surface area contributed by atoms with Gasteiger partial charge in [0.25, 0.3) is 5.91 Å². The maximum Gasteiger partial charge on any atom is 0.387 e. The fourth-order valence-corrected chi connectivity index (χ4v) is 2.84. The fraction of sp³-hybridized carbons (Fsp3) is 0.364. The number of hydrogen-bond acceptors (Lipinski definition) is 4. The van der Waals surface area contributed by atoms with Crippen molar-refractivity contribution in [1.82, 2.24) is 16.0 Å². The second-order valence-electron chi connectivity index (χ2n) is 7.04. The lowest BCUT2D eigenvalue weighted by molar-refractivity contribution is -0.123. The van der Waals surface area contributed by atoms with Gasteiger partial charge < -0.3 is 25.4 Å². The SMILES string of the molecule is CN=C(NCc1cccc(OCC(=O)NC2CC2)c1)NCc1ccccc1OC(F)F.I. The van der Waals surface area contributed by atoms with E-state index < -0.39 is 6.61 Å². The molecule has 0 heterocycles. The van der Waals surface area contributed by atoms with Gasteiger partial charge in [-0.15, -0.1) is 24.0 Å². The maximum atomic E-state index is 12.6. The van der Waals surface area contributed by atoms with Crippen LogP contribution in [0.2, 0.25) is 0 Å². The van der Waals surface area contributed by atoms with Crippen LogP contribution in [0.5, 0.6) is 11.5 Å². The summed E-state index contributed by atoms with van der Waals surface area (Å²) in [5.41, 5.74) is 1.52. The van der Waals surface area contributed by atoms with Crippen LogP contribution in [0.1, 0.15) is 24.0 Å². The molecule has 1 amide bonds. The van der Waals surface area contributed by atoms with Crippen molar-refractivity contribution in [1.29, 1.82) is 0 Å². The van der Waals surface area contributed by atoms with E-state index in [1.54, 1.807) is 31.3 Å². The molecule has 3 rings (SSSR count). The third-order valence-corrected chi connectivity index (χ3v) is 4.53. The van der Waals surface area contributed by atoms with Crippen LogP contribution in [0.25, 0.3) is 0 Å². The van der Waals surface area contributed by atoms with Crippen LogP contribution >= 0.6 is 24.0 Å². The Bertz CT molecular complexity index is 910. The summed E-state index contributed by atoms with van der Waals surface area (Å²) in [6.45, 7) is -2.17. The van der Waals surface area contributed by atoms with Crippen molar-refractivity contribution >= 4 is 35.8 Å². The number of aliphatic imine (C=N–C) groups is 1. The van der Waals surface area contributed by atoms with Gasteiger partial charge in [0.1, 0.15) is 11.5 Å². The Balaban J connectivity index is 0.00000363. The molecule has 0 bridgehead atoms. The summed E-state index contributed by atoms with van der Waals surface area (Å²) in [5, 5.41) is 9.11. The summed E-state index contributed by atoms with van der Waals surface area (Å²) >= 11 is 0. The molecule has 0 atom stereocenters. The number of alkyl halides is 2. The van der Waals surface area contributed by atoms with Crippen molar-refractivity contribution < 1.29 is 23.0 Å². The first-order chi connectivity index (χ1) is 15.0. The third kappa shape index (κ3) is 8.85. The summed E-state index contributed by atoms with van der Waals surface area (Å²) in [4.78, 5) is 15.9. The molecule has 1 aliphatic carbocycles. The van der Waals surface area contributed by atoms with Gasteiger partial charge in [-0.3, -0.25) is 9.79 Å². The van der Waals surface area contributed by atoms with E-state index in [1.807, 2.05) is 18.2 Å². The van der Waals surface area contributed by atoms with Crippen LogP contribution < -0.4 is 25.4 Å². The minimum atomic E-state index is -2.88. The lowest BCUT2D eigenvalue weighted by atomic mass is 10.2. The summed E-state index contributed by atoms with van der Waals surface area (Å²) in [6, 6.07) is 14.3. The number of nitrogens with one attached hydrogen (secondary N) is 3. The smallest absolute Gasteiger partial charge is 0.387 e. The molecule has 0 aliphatic heterocycles. The molecule has 0 saturated heterocycles. The monoisotopic (exact) mass is 560 g/mol. The van der Waals surface area contributed by atoms with Gasteiger partial charge >= 0.3 is 6.61 Å². The van der Waals surface area contributed by atoms with Gasteiger partial charge in [-0.05, 0) is 36.6 Å². The molecule has 32 heavy (non-hydrogen) atoms. The topological polar surface area (TPSA) is 84.0 Å². The second-order valence-corrected chi connectivity index (χ2v) is 7.04. The van der Waals surface area contributed by atoms with Gasteiger partial charge in [-0.1, -0.05) is 30.3 Å². The van der Waals surface area contributed by atoms with Gasteiger partial charge in [0, 0.05) is 31.7 Å². The molecule has 10 heteroatoms. The number of benzene rings is 2. The van der Waals surface area contributed by atoms with Crippen LogP contribution in [0.15, 0.2) is 53.5 Å². The van der Waals surface area contributed by atoms with Crippen LogP contribution in [-0.2, 0) is 17.9 Å². The van der Waals surface area contributed by atoms with E-state index >= 15 is 0 Å². The zero-order valence-corrected chi connectivity index (χ0v) is 20.0. The summed E-state index contributed by atoms with van der Waals surface area (Å²) in [7, 11) is 1.62. The average molecular weight is 560 g/mol. The zero-order valence-electron chi connectivity index (χ0n) is 17.6. The minimum absolute atomic E-state index is 0. The van der Waals surface area contributed by atoms with E-state index in [2.05, 4.69) is 25.7 Å². The number of ether oxygens (including phenoxy) is 2. The highest BCUT2D eigenvalue weighted by Crippen LogP contribution is 2.20. The molecule has 0 unspecified atom stereocenters. The number of guanidine groups is 1.